The molecular formula is C10H16N4O. The Labute approximate surface area is 89.3 Å². The topological polar surface area (TPSA) is 62.5 Å². The summed E-state index contributed by atoms with van der Waals surface area (Å²) in [7, 11) is 0. The monoisotopic (exact) mass is 208 g/mol. The number of aliphatic imine (C=N–C) groups is 1. The van der Waals surface area contributed by atoms with E-state index in [1.807, 2.05) is 6.92 Å². The molecule has 0 aromatic carbocycles. The summed E-state index contributed by atoms with van der Waals surface area (Å²) in [4.78, 5) is 4.32. The second-order valence-corrected chi connectivity index (χ2v) is 2.86. The highest BCUT2D eigenvalue weighted by Crippen LogP contribution is 1.95. The lowest BCUT2D eigenvalue weighted by molar-refractivity contribution is 0.412. The summed E-state index contributed by atoms with van der Waals surface area (Å²) in [5.74, 6) is 0.750. The fraction of sp³-hybridized carbons (Fsp3) is 0.400. The predicted molar refractivity (Wildman–Crippen MR) is 59.5 cm³/mol. The molecule has 1 rings (SSSR count). The lowest BCUT2D eigenvalue weighted by Crippen LogP contribution is -2.37. The number of nitrogens with one attached hydrogen (secondary N) is 2. The molecule has 0 aliphatic heterocycles. The minimum absolute atomic E-state index is 0.503. The molecule has 0 saturated carbocycles. The Kier molecular flexibility index (Phi) is 5.00. The van der Waals surface area contributed by atoms with Crippen LogP contribution in [0, 0.1) is 0 Å². The van der Waals surface area contributed by atoms with Crippen LogP contribution >= 0.6 is 0 Å². The molecule has 2 N–H and O–H groups in total. The van der Waals surface area contributed by atoms with Crippen LogP contribution in [0.1, 0.15) is 12.6 Å². The first kappa shape index (κ1) is 11.3. The van der Waals surface area contributed by atoms with Crippen molar-refractivity contribution in [2.75, 3.05) is 13.1 Å². The minimum Gasteiger partial charge on any atom is -0.364 e. The zero-order chi connectivity index (χ0) is 10.9. The van der Waals surface area contributed by atoms with Crippen molar-refractivity contribution in [2.45, 2.75) is 13.5 Å². The van der Waals surface area contributed by atoms with E-state index in [2.05, 4.69) is 27.4 Å². The van der Waals surface area contributed by atoms with Crippen molar-refractivity contribution < 1.29 is 4.52 Å². The molecule has 82 valence electrons. The third-order valence-electron chi connectivity index (χ3n) is 1.65. The first-order valence-electron chi connectivity index (χ1n) is 4.89. The van der Waals surface area contributed by atoms with Crippen molar-refractivity contribution in [2.24, 2.45) is 4.99 Å². The number of hydrogen-bond acceptors (Lipinski definition) is 3. The fourth-order valence-corrected chi connectivity index (χ4v) is 0.990. The van der Waals surface area contributed by atoms with Crippen molar-refractivity contribution >= 4 is 5.96 Å². The number of hydrogen-bond donors (Lipinski definition) is 2. The van der Waals surface area contributed by atoms with Gasteiger partial charge >= 0.3 is 0 Å². The highest BCUT2D eigenvalue weighted by molar-refractivity contribution is 5.79. The molecule has 0 aliphatic carbocycles. The molecule has 0 spiro atoms. The average Bonchev–Trinajstić information content (AvgIpc) is 2.75. The van der Waals surface area contributed by atoms with Crippen LogP contribution in [-0.4, -0.2) is 24.2 Å². The molecule has 1 aromatic heterocycles. The van der Waals surface area contributed by atoms with E-state index in [0.29, 0.717) is 13.1 Å². The molecule has 5 heteroatoms. The summed E-state index contributed by atoms with van der Waals surface area (Å²) in [6.07, 6.45) is 3.32. The van der Waals surface area contributed by atoms with E-state index in [1.165, 1.54) is 6.26 Å². The van der Waals surface area contributed by atoms with Gasteiger partial charge in [-0.3, -0.25) is 0 Å². The van der Waals surface area contributed by atoms with Gasteiger partial charge in [-0.1, -0.05) is 11.2 Å². The van der Waals surface area contributed by atoms with Gasteiger partial charge in [0.1, 0.15) is 12.0 Å². The van der Waals surface area contributed by atoms with E-state index in [0.717, 1.165) is 18.2 Å². The van der Waals surface area contributed by atoms with Crippen molar-refractivity contribution in [1.29, 1.82) is 0 Å². The molecule has 0 aliphatic rings. The molecule has 0 atom stereocenters. The molecule has 0 fully saturated rings. The first-order chi connectivity index (χ1) is 7.36. The summed E-state index contributed by atoms with van der Waals surface area (Å²) < 4.78 is 4.71. The Bertz CT molecular complexity index is 305. The predicted octanol–water partition coefficient (Wildman–Crippen LogP) is 0.916. The maximum atomic E-state index is 4.71. The maximum absolute atomic E-state index is 4.71. The van der Waals surface area contributed by atoms with Crippen LogP contribution in [0.3, 0.4) is 0 Å². The van der Waals surface area contributed by atoms with Gasteiger partial charge in [0.25, 0.3) is 0 Å². The van der Waals surface area contributed by atoms with Crippen molar-refractivity contribution in [1.82, 2.24) is 15.8 Å². The molecular weight excluding hydrogens is 192 g/mol. The summed E-state index contributed by atoms with van der Waals surface area (Å²) in [5.41, 5.74) is 0.811. The maximum Gasteiger partial charge on any atom is 0.191 e. The van der Waals surface area contributed by atoms with E-state index >= 15 is 0 Å². The molecule has 0 amide bonds. The molecule has 15 heavy (non-hydrogen) atoms. The van der Waals surface area contributed by atoms with Gasteiger partial charge in [0, 0.05) is 19.2 Å². The molecule has 1 heterocycles. The van der Waals surface area contributed by atoms with Gasteiger partial charge in [-0.15, -0.1) is 6.58 Å². The van der Waals surface area contributed by atoms with Gasteiger partial charge in [0.15, 0.2) is 5.96 Å². The van der Waals surface area contributed by atoms with E-state index < -0.39 is 0 Å². The Hall–Kier alpha value is -1.78. The first-order valence-corrected chi connectivity index (χ1v) is 4.89. The third-order valence-corrected chi connectivity index (χ3v) is 1.65. The summed E-state index contributed by atoms with van der Waals surface area (Å²) >= 11 is 0. The molecule has 0 saturated heterocycles. The standard InChI is InChI=1S/C10H16N4O/c1-3-6-12-10(11-4-2)13-8-9-5-7-15-14-9/h3,5,7H,1,4,6,8H2,2H3,(H2,11,12,13). The zero-order valence-electron chi connectivity index (χ0n) is 8.86. The van der Waals surface area contributed by atoms with Gasteiger partial charge in [-0.2, -0.15) is 0 Å². The van der Waals surface area contributed by atoms with Crippen LogP contribution in [-0.2, 0) is 6.54 Å². The number of rotatable bonds is 5. The lowest BCUT2D eigenvalue weighted by Gasteiger charge is -2.08. The number of guanidine groups is 1. The summed E-state index contributed by atoms with van der Waals surface area (Å²) in [6, 6.07) is 1.79. The van der Waals surface area contributed by atoms with E-state index in [4.69, 9.17) is 4.52 Å². The average molecular weight is 208 g/mol. The molecule has 5 nitrogen and oxygen atoms in total. The summed E-state index contributed by atoms with van der Waals surface area (Å²) in [6.45, 7) is 7.65. The second-order valence-electron chi connectivity index (χ2n) is 2.86. The van der Waals surface area contributed by atoms with Crippen molar-refractivity contribution in [3.63, 3.8) is 0 Å². The largest absolute Gasteiger partial charge is 0.364 e. The van der Waals surface area contributed by atoms with Gasteiger partial charge in [0.05, 0.1) is 6.54 Å². The van der Waals surface area contributed by atoms with Crippen LogP contribution in [0.4, 0.5) is 0 Å². The Morgan fingerprint density at radius 3 is 3.13 bits per heavy atom. The minimum atomic E-state index is 0.503. The Morgan fingerprint density at radius 2 is 2.53 bits per heavy atom. The molecule has 0 bridgehead atoms. The van der Waals surface area contributed by atoms with Crippen molar-refractivity contribution in [3.05, 3.63) is 30.7 Å². The number of aromatic nitrogens is 1. The quantitative estimate of drug-likeness (QED) is 0.429. The Morgan fingerprint density at radius 1 is 1.67 bits per heavy atom. The van der Waals surface area contributed by atoms with Crippen LogP contribution in [0.5, 0.6) is 0 Å². The number of nitrogens with zero attached hydrogens (tertiary/aromatic N) is 2. The van der Waals surface area contributed by atoms with E-state index in [9.17, 15) is 0 Å². The zero-order valence-corrected chi connectivity index (χ0v) is 8.86. The highest BCUT2D eigenvalue weighted by atomic mass is 16.5. The van der Waals surface area contributed by atoms with Crippen LogP contribution in [0.15, 0.2) is 34.5 Å². The Balaban J connectivity index is 2.46. The lowest BCUT2D eigenvalue weighted by atomic mass is 10.4. The second kappa shape index (κ2) is 6.64. The fourth-order valence-electron chi connectivity index (χ4n) is 0.990. The van der Waals surface area contributed by atoms with Gasteiger partial charge < -0.3 is 15.2 Å². The van der Waals surface area contributed by atoms with Crippen molar-refractivity contribution in [3.8, 4) is 0 Å². The normalized spacial score (nSPS) is 11.1. The third kappa shape index (κ3) is 4.30. The van der Waals surface area contributed by atoms with Gasteiger partial charge in [-0.05, 0) is 6.92 Å². The molecule has 1 aromatic rings. The van der Waals surface area contributed by atoms with Crippen LogP contribution in [0.2, 0.25) is 0 Å². The molecule has 0 radical (unpaired) electrons. The SMILES string of the molecule is C=CCNC(=NCc1ccon1)NCC. The van der Waals surface area contributed by atoms with E-state index in [-0.39, 0.29) is 0 Å². The highest BCUT2D eigenvalue weighted by Gasteiger charge is 1.97. The molecule has 0 unspecified atom stereocenters. The summed E-state index contributed by atoms with van der Waals surface area (Å²) in [5, 5.41) is 9.98. The smallest absolute Gasteiger partial charge is 0.191 e. The van der Waals surface area contributed by atoms with Gasteiger partial charge in [-0.25, -0.2) is 4.99 Å². The van der Waals surface area contributed by atoms with Crippen LogP contribution in [0.25, 0.3) is 0 Å². The van der Waals surface area contributed by atoms with Gasteiger partial charge in [0.2, 0.25) is 0 Å². The van der Waals surface area contributed by atoms with Crippen LogP contribution < -0.4 is 10.6 Å². The van der Waals surface area contributed by atoms with E-state index in [1.54, 1.807) is 12.1 Å².